The number of nitrogens with one attached hydrogen (secondary N) is 1. The lowest BCUT2D eigenvalue weighted by Crippen LogP contribution is -2.47. The van der Waals surface area contributed by atoms with E-state index in [0.29, 0.717) is 5.56 Å². The van der Waals surface area contributed by atoms with Gasteiger partial charge in [0.15, 0.2) is 0 Å². The zero-order valence-electron chi connectivity index (χ0n) is 10.3. The summed E-state index contributed by atoms with van der Waals surface area (Å²) in [5, 5.41) is 0. The molecule has 18 heavy (non-hydrogen) atoms. The van der Waals surface area contributed by atoms with Gasteiger partial charge in [-0.25, -0.2) is 13.1 Å². The molecule has 6 heteroatoms. The van der Waals surface area contributed by atoms with E-state index < -0.39 is 10.0 Å². The molecule has 0 radical (unpaired) electrons. The smallest absolute Gasteiger partial charge is 0.241 e. The molecule has 0 aromatic heterocycles. The van der Waals surface area contributed by atoms with Crippen LogP contribution in [0.2, 0.25) is 0 Å². The monoisotopic (exact) mass is 270 g/mol. The van der Waals surface area contributed by atoms with E-state index in [4.69, 9.17) is 10.5 Å². The molecular formula is C12H18N2O3S. The summed E-state index contributed by atoms with van der Waals surface area (Å²) in [6.45, 7) is 0.211. The fraction of sp³-hybridized carbons (Fsp3) is 0.500. The number of benzene rings is 1. The third kappa shape index (κ3) is 2.72. The van der Waals surface area contributed by atoms with Crippen LogP contribution in [0, 0.1) is 0 Å². The summed E-state index contributed by atoms with van der Waals surface area (Å²) >= 11 is 0. The zero-order chi connectivity index (χ0) is 13.2. The van der Waals surface area contributed by atoms with Gasteiger partial charge in [-0.05, 0) is 24.5 Å². The van der Waals surface area contributed by atoms with E-state index in [1.54, 1.807) is 31.4 Å². The van der Waals surface area contributed by atoms with Crippen LogP contribution in [0.4, 0.5) is 0 Å². The van der Waals surface area contributed by atoms with Crippen LogP contribution in [0.15, 0.2) is 29.2 Å². The number of sulfonamides is 1. The third-order valence-electron chi connectivity index (χ3n) is 3.23. The van der Waals surface area contributed by atoms with E-state index in [2.05, 4.69) is 4.72 Å². The van der Waals surface area contributed by atoms with Crippen LogP contribution >= 0.6 is 0 Å². The summed E-state index contributed by atoms with van der Waals surface area (Å²) in [5.74, 6) is 0. The largest absolute Gasteiger partial charge is 0.381 e. The van der Waals surface area contributed by atoms with Crippen molar-refractivity contribution in [2.75, 3.05) is 7.11 Å². The molecule has 0 unspecified atom stereocenters. The maximum atomic E-state index is 12.2. The first-order valence-electron chi connectivity index (χ1n) is 5.90. The number of nitrogens with two attached hydrogens (primary N) is 1. The predicted molar refractivity (Wildman–Crippen MR) is 68.5 cm³/mol. The lowest BCUT2D eigenvalue weighted by Gasteiger charge is -2.34. The summed E-state index contributed by atoms with van der Waals surface area (Å²) < 4.78 is 32.2. The van der Waals surface area contributed by atoms with E-state index >= 15 is 0 Å². The molecule has 0 amide bonds. The maximum Gasteiger partial charge on any atom is 0.241 e. The molecule has 0 atom stereocenters. The highest BCUT2D eigenvalue weighted by Gasteiger charge is 2.33. The number of hydrogen-bond acceptors (Lipinski definition) is 4. The van der Waals surface area contributed by atoms with Crippen molar-refractivity contribution in [3.8, 4) is 0 Å². The third-order valence-corrected chi connectivity index (χ3v) is 4.85. The van der Waals surface area contributed by atoms with Crippen molar-refractivity contribution in [3.63, 3.8) is 0 Å². The van der Waals surface area contributed by atoms with E-state index in [1.165, 1.54) is 0 Å². The van der Waals surface area contributed by atoms with Gasteiger partial charge in [-0.15, -0.1) is 0 Å². The highest BCUT2D eigenvalue weighted by molar-refractivity contribution is 7.89. The predicted octanol–water partition coefficient (Wildman–Crippen LogP) is 0.601. The van der Waals surface area contributed by atoms with Gasteiger partial charge in [-0.3, -0.25) is 0 Å². The number of methoxy groups -OCH3 is 1. The Morgan fingerprint density at radius 1 is 1.39 bits per heavy atom. The van der Waals surface area contributed by atoms with Gasteiger partial charge in [0, 0.05) is 19.7 Å². The standard InChI is InChI=1S/C12H18N2O3S/c1-17-11-6-10(7-11)14-18(15,16)12-5-3-2-4-9(12)8-13/h2-5,10-11,14H,6-8,13H2,1H3. The minimum Gasteiger partial charge on any atom is -0.381 e. The first kappa shape index (κ1) is 13.5. The Bertz CT molecular complexity index is 510. The van der Waals surface area contributed by atoms with Gasteiger partial charge in [0.05, 0.1) is 11.0 Å². The van der Waals surface area contributed by atoms with E-state index in [-0.39, 0.29) is 23.6 Å². The highest BCUT2D eigenvalue weighted by atomic mass is 32.2. The Morgan fingerprint density at radius 3 is 2.67 bits per heavy atom. The summed E-state index contributed by atoms with van der Waals surface area (Å²) in [6, 6.07) is 6.76. The minimum absolute atomic E-state index is 0.0363. The highest BCUT2D eigenvalue weighted by Crippen LogP contribution is 2.25. The van der Waals surface area contributed by atoms with Crippen molar-refractivity contribution in [2.45, 2.75) is 36.4 Å². The van der Waals surface area contributed by atoms with Gasteiger partial charge in [0.25, 0.3) is 0 Å². The molecule has 0 saturated heterocycles. The second-order valence-electron chi connectivity index (χ2n) is 4.46. The molecule has 1 aliphatic carbocycles. The van der Waals surface area contributed by atoms with Gasteiger partial charge >= 0.3 is 0 Å². The quantitative estimate of drug-likeness (QED) is 0.821. The molecule has 5 nitrogen and oxygen atoms in total. The zero-order valence-corrected chi connectivity index (χ0v) is 11.1. The lowest BCUT2D eigenvalue weighted by molar-refractivity contribution is 0.0236. The molecule has 1 aliphatic rings. The van der Waals surface area contributed by atoms with Crippen LogP contribution in [0.25, 0.3) is 0 Å². The Morgan fingerprint density at radius 2 is 2.06 bits per heavy atom. The molecular weight excluding hydrogens is 252 g/mol. The lowest BCUT2D eigenvalue weighted by atomic mass is 9.90. The molecule has 1 aromatic carbocycles. The fourth-order valence-corrected chi connectivity index (χ4v) is 3.58. The molecule has 1 fully saturated rings. The molecule has 2 rings (SSSR count). The van der Waals surface area contributed by atoms with Gasteiger partial charge < -0.3 is 10.5 Å². The second-order valence-corrected chi connectivity index (χ2v) is 6.14. The van der Waals surface area contributed by atoms with Gasteiger partial charge in [-0.2, -0.15) is 0 Å². The molecule has 1 saturated carbocycles. The van der Waals surface area contributed by atoms with Crippen molar-refractivity contribution in [2.24, 2.45) is 5.73 Å². The molecule has 0 spiro atoms. The molecule has 0 aliphatic heterocycles. The first-order valence-corrected chi connectivity index (χ1v) is 7.38. The normalized spacial score (nSPS) is 23.7. The number of ether oxygens (including phenoxy) is 1. The van der Waals surface area contributed by atoms with Crippen LogP contribution in [0.3, 0.4) is 0 Å². The van der Waals surface area contributed by atoms with Crippen LogP contribution in [-0.4, -0.2) is 27.7 Å². The van der Waals surface area contributed by atoms with Crippen LogP contribution in [0.5, 0.6) is 0 Å². The van der Waals surface area contributed by atoms with Crippen LogP contribution in [-0.2, 0) is 21.3 Å². The van der Waals surface area contributed by atoms with Gasteiger partial charge in [-0.1, -0.05) is 18.2 Å². The number of hydrogen-bond donors (Lipinski definition) is 2. The Balaban J connectivity index is 2.11. The topological polar surface area (TPSA) is 81.4 Å². The summed E-state index contributed by atoms with van der Waals surface area (Å²) in [7, 11) is -1.84. The molecule has 3 N–H and O–H groups in total. The van der Waals surface area contributed by atoms with Crippen LogP contribution in [0.1, 0.15) is 18.4 Å². The number of rotatable bonds is 5. The van der Waals surface area contributed by atoms with E-state index in [9.17, 15) is 8.42 Å². The van der Waals surface area contributed by atoms with Crippen molar-refractivity contribution in [1.82, 2.24) is 4.72 Å². The van der Waals surface area contributed by atoms with E-state index in [0.717, 1.165) is 12.8 Å². The fourth-order valence-electron chi connectivity index (χ4n) is 2.07. The summed E-state index contributed by atoms with van der Waals surface area (Å²) in [6.07, 6.45) is 1.61. The van der Waals surface area contributed by atoms with Crippen molar-refractivity contribution in [3.05, 3.63) is 29.8 Å². The average molecular weight is 270 g/mol. The Kier molecular flexibility index (Phi) is 4.01. The second kappa shape index (κ2) is 5.36. The summed E-state index contributed by atoms with van der Waals surface area (Å²) in [5.41, 5.74) is 6.19. The average Bonchev–Trinajstić information content (AvgIpc) is 2.33. The first-order chi connectivity index (χ1) is 8.56. The van der Waals surface area contributed by atoms with Crippen molar-refractivity contribution < 1.29 is 13.2 Å². The molecule has 100 valence electrons. The van der Waals surface area contributed by atoms with Gasteiger partial charge in [0.2, 0.25) is 10.0 Å². The summed E-state index contributed by atoms with van der Waals surface area (Å²) in [4.78, 5) is 0.272. The van der Waals surface area contributed by atoms with Crippen molar-refractivity contribution in [1.29, 1.82) is 0 Å². The van der Waals surface area contributed by atoms with Gasteiger partial charge in [0.1, 0.15) is 0 Å². The Hall–Kier alpha value is -0.950. The van der Waals surface area contributed by atoms with Crippen LogP contribution < -0.4 is 10.5 Å². The molecule has 0 bridgehead atoms. The molecule has 1 aromatic rings. The minimum atomic E-state index is -3.48. The van der Waals surface area contributed by atoms with Crippen molar-refractivity contribution >= 4 is 10.0 Å². The van der Waals surface area contributed by atoms with E-state index in [1.807, 2.05) is 0 Å². The maximum absolute atomic E-state index is 12.2. The Labute approximate surface area is 107 Å². The molecule has 0 heterocycles. The SMILES string of the molecule is COC1CC(NS(=O)(=O)c2ccccc2CN)C1.